The summed E-state index contributed by atoms with van der Waals surface area (Å²) in [6.07, 6.45) is 1.13. The standard InChI is InChI=1S/C17H28N2O4S2/c1-13(2)16-11-19(24(5,20)21)12-17(16)25(22,23)15-8-6-14(7-9-15)10-18(3)4/h6-9,13,16-17H,10-12H2,1-5H3/t16-,17?/m0/s1. The van der Waals surface area contributed by atoms with Gasteiger partial charge in [0, 0.05) is 19.6 Å². The molecule has 1 aromatic carbocycles. The number of sulfone groups is 1. The van der Waals surface area contributed by atoms with Crippen LogP contribution in [-0.4, -0.2) is 64.7 Å². The molecule has 0 amide bonds. The van der Waals surface area contributed by atoms with Crippen LogP contribution in [0.25, 0.3) is 0 Å². The fourth-order valence-corrected chi connectivity index (χ4v) is 6.40. The molecule has 0 aliphatic carbocycles. The Hall–Kier alpha value is -0.960. The molecule has 1 unspecified atom stereocenters. The minimum absolute atomic E-state index is 0.0312. The van der Waals surface area contributed by atoms with E-state index in [2.05, 4.69) is 0 Å². The van der Waals surface area contributed by atoms with Gasteiger partial charge in [-0.15, -0.1) is 0 Å². The van der Waals surface area contributed by atoms with Crippen LogP contribution in [-0.2, 0) is 26.4 Å². The highest BCUT2D eigenvalue weighted by Crippen LogP contribution is 2.34. The minimum Gasteiger partial charge on any atom is -0.305 e. The zero-order valence-electron chi connectivity index (χ0n) is 15.5. The lowest BCUT2D eigenvalue weighted by Crippen LogP contribution is -2.33. The van der Waals surface area contributed by atoms with Crippen LogP contribution >= 0.6 is 0 Å². The van der Waals surface area contributed by atoms with Gasteiger partial charge in [-0.05, 0) is 43.6 Å². The van der Waals surface area contributed by atoms with Crippen molar-refractivity contribution in [1.29, 1.82) is 0 Å². The van der Waals surface area contributed by atoms with Crippen molar-refractivity contribution in [2.24, 2.45) is 11.8 Å². The van der Waals surface area contributed by atoms with Crippen molar-refractivity contribution in [3.63, 3.8) is 0 Å². The Labute approximate surface area is 151 Å². The van der Waals surface area contributed by atoms with E-state index in [1.807, 2.05) is 45.0 Å². The largest absolute Gasteiger partial charge is 0.305 e. The molecule has 1 aliphatic rings. The van der Waals surface area contributed by atoms with Gasteiger partial charge in [-0.25, -0.2) is 21.1 Å². The van der Waals surface area contributed by atoms with Gasteiger partial charge in [0.05, 0.1) is 16.4 Å². The van der Waals surface area contributed by atoms with Crippen LogP contribution in [0, 0.1) is 11.8 Å². The van der Waals surface area contributed by atoms with Gasteiger partial charge >= 0.3 is 0 Å². The third-order valence-corrected chi connectivity index (χ3v) is 8.21. The molecule has 0 radical (unpaired) electrons. The van der Waals surface area contributed by atoms with E-state index < -0.39 is 25.1 Å². The Kier molecular flexibility index (Phi) is 5.98. The first-order chi connectivity index (χ1) is 11.4. The van der Waals surface area contributed by atoms with Crippen molar-refractivity contribution in [3.8, 4) is 0 Å². The highest BCUT2D eigenvalue weighted by Gasteiger charge is 2.45. The molecule has 0 saturated carbocycles. The molecule has 8 heteroatoms. The van der Waals surface area contributed by atoms with Crippen LogP contribution in [0.3, 0.4) is 0 Å². The molecular weight excluding hydrogens is 360 g/mol. The Morgan fingerprint density at radius 2 is 1.64 bits per heavy atom. The van der Waals surface area contributed by atoms with Crippen molar-refractivity contribution < 1.29 is 16.8 Å². The highest BCUT2D eigenvalue weighted by molar-refractivity contribution is 7.92. The molecule has 0 bridgehead atoms. The molecule has 1 aromatic rings. The van der Waals surface area contributed by atoms with E-state index in [9.17, 15) is 16.8 Å². The minimum atomic E-state index is -3.59. The monoisotopic (exact) mass is 388 g/mol. The molecule has 6 nitrogen and oxygen atoms in total. The zero-order valence-corrected chi connectivity index (χ0v) is 17.1. The predicted molar refractivity (Wildman–Crippen MR) is 99.6 cm³/mol. The average Bonchev–Trinajstić information content (AvgIpc) is 2.93. The second kappa shape index (κ2) is 7.34. The maximum absolute atomic E-state index is 13.1. The van der Waals surface area contributed by atoms with Crippen LogP contribution < -0.4 is 0 Å². The summed E-state index contributed by atoms with van der Waals surface area (Å²) in [7, 11) is -3.08. The van der Waals surface area contributed by atoms with E-state index in [4.69, 9.17) is 0 Å². The van der Waals surface area contributed by atoms with Crippen molar-refractivity contribution in [2.45, 2.75) is 30.5 Å². The SMILES string of the molecule is CC(C)[C@@H]1CN(S(C)(=O)=O)CC1S(=O)(=O)c1ccc(CN(C)C)cc1. The van der Waals surface area contributed by atoms with Gasteiger partial charge in [-0.2, -0.15) is 0 Å². The molecule has 0 aromatic heterocycles. The predicted octanol–water partition coefficient (Wildman–Crippen LogP) is 1.44. The summed E-state index contributed by atoms with van der Waals surface area (Å²) in [4.78, 5) is 2.28. The van der Waals surface area contributed by atoms with Gasteiger partial charge < -0.3 is 4.90 Å². The molecule has 1 saturated heterocycles. The third-order valence-electron chi connectivity index (χ3n) is 4.75. The second-order valence-corrected chi connectivity index (χ2v) is 11.6. The van der Waals surface area contributed by atoms with E-state index in [0.29, 0.717) is 0 Å². The Morgan fingerprint density at radius 1 is 1.08 bits per heavy atom. The van der Waals surface area contributed by atoms with Gasteiger partial charge in [0.1, 0.15) is 0 Å². The number of rotatable bonds is 6. The van der Waals surface area contributed by atoms with Crippen molar-refractivity contribution in [1.82, 2.24) is 9.21 Å². The second-order valence-electron chi connectivity index (χ2n) is 7.45. The maximum Gasteiger partial charge on any atom is 0.211 e. The summed E-state index contributed by atoms with van der Waals surface area (Å²) in [5, 5.41) is -0.707. The lowest BCUT2D eigenvalue weighted by molar-refractivity contribution is 0.388. The molecule has 1 fully saturated rings. The van der Waals surface area contributed by atoms with Gasteiger partial charge in [-0.3, -0.25) is 0 Å². The number of hydrogen-bond donors (Lipinski definition) is 0. The van der Waals surface area contributed by atoms with E-state index in [1.165, 1.54) is 4.31 Å². The molecule has 0 N–H and O–H groups in total. The molecule has 1 heterocycles. The lowest BCUT2D eigenvalue weighted by Gasteiger charge is -2.22. The third kappa shape index (κ3) is 4.61. The Balaban J connectivity index is 2.33. The normalized spacial score (nSPS) is 22.8. The molecule has 2 atom stereocenters. The number of hydrogen-bond acceptors (Lipinski definition) is 5. The topological polar surface area (TPSA) is 74.8 Å². The fraction of sp³-hybridized carbons (Fsp3) is 0.647. The van der Waals surface area contributed by atoms with Gasteiger partial charge in [-0.1, -0.05) is 26.0 Å². The van der Waals surface area contributed by atoms with Gasteiger partial charge in [0.15, 0.2) is 9.84 Å². The number of sulfonamides is 1. The summed E-state index contributed by atoms with van der Waals surface area (Å²) in [5.41, 5.74) is 1.04. The van der Waals surface area contributed by atoms with Gasteiger partial charge in [0.25, 0.3) is 0 Å². The molecular formula is C17H28N2O4S2. The molecule has 0 spiro atoms. The first-order valence-corrected chi connectivity index (χ1v) is 11.7. The van der Waals surface area contributed by atoms with Crippen molar-refractivity contribution in [3.05, 3.63) is 29.8 Å². The average molecular weight is 389 g/mol. The summed E-state index contributed by atoms with van der Waals surface area (Å²) >= 11 is 0. The van der Waals surface area contributed by atoms with Crippen LogP contribution in [0.4, 0.5) is 0 Å². The smallest absolute Gasteiger partial charge is 0.211 e. The summed E-state index contributed by atoms with van der Waals surface area (Å²) in [6.45, 7) is 4.92. The highest BCUT2D eigenvalue weighted by atomic mass is 32.2. The van der Waals surface area contributed by atoms with E-state index in [0.717, 1.165) is 18.4 Å². The van der Waals surface area contributed by atoms with Crippen LogP contribution in [0.15, 0.2) is 29.2 Å². The van der Waals surface area contributed by atoms with E-state index in [-0.39, 0.29) is 29.8 Å². The fourth-order valence-electron chi connectivity index (χ4n) is 3.33. The first-order valence-electron chi connectivity index (χ1n) is 8.35. The molecule has 25 heavy (non-hydrogen) atoms. The summed E-state index contributed by atoms with van der Waals surface area (Å²) < 4.78 is 51.3. The number of nitrogens with zero attached hydrogens (tertiary/aromatic N) is 2. The summed E-state index contributed by atoms with van der Waals surface area (Å²) in [5.74, 6) is -0.124. The molecule has 142 valence electrons. The lowest BCUT2D eigenvalue weighted by atomic mass is 9.95. The quantitative estimate of drug-likeness (QED) is 0.737. The van der Waals surface area contributed by atoms with Crippen molar-refractivity contribution >= 4 is 19.9 Å². The Morgan fingerprint density at radius 3 is 2.08 bits per heavy atom. The van der Waals surface area contributed by atoms with Crippen LogP contribution in [0.2, 0.25) is 0 Å². The Bertz CT molecular complexity index is 800. The van der Waals surface area contributed by atoms with Crippen LogP contribution in [0.1, 0.15) is 19.4 Å². The van der Waals surface area contributed by atoms with E-state index >= 15 is 0 Å². The van der Waals surface area contributed by atoms with E-state index in [1.54, 1.807) is 12.1 Å². The van der Waals surface area contributed by atoms with Crippen LogP contribution in [0.5, 0.6) is 0 Å². The first kappa shape index (κ1) is 20.4. The molecule has 1 aliphatic heterocycles. The molecule has 2 rings (SSSR count). The maximum atomic E-state index is 13.1. The summed E-state index contributed by atoms with van der Waals surface area (Å²) in [6, 6.07) is 6.91. The number of benzene rings is 1. The van der Waals surface area contributed by atoms with Crippen molar-refractivity contribution in [2.75, 3.05) is 33.4 Å². The van der Waals surface area contributed by atoms with Gasteiger partial charge in [0.2, 0.25) is 10.0 Å². The zero-order chi connectivity index (χ0) is 19.0.